The van der Waals surface area contributed by atoms with Crippen molar-refractivity contribution in [1.29, 1.82) is 0 Å². The fourth-order valence-electron chi connectivity index (χ4n) is 3.37. The average molecular weight is 348 g/mol. The van der Waals surface area contributed by atoms with Crippen LogP contribution in [0.5, 0.6) is 5.75 Å². The van der Waals surface area contributed by atoms with Crippen molar-refractivity contribution in [1.82, 2.24) is 15.0 Å². The molecule has 6 nitrogen and oxygen atoms in total. The van der Waals surface area contributed by atoms with Crippen molar-refractivity contribution < 1.29 is 9.53 Å². The summed E-state index contributed by atoms with van der Waals surface area (Å²) in [6, 6.07) is 7.60. The van der Waals surface area contributed by atoms with E-state index in [1.807, 2.05) is 13.0 Å². The number of aryl methyl sites for hydroxylation is 2. The van der Waals surface area contributed by atoms with Gasteiger partial charge >= 0.3 is 0 Å². The van der Waals surface area contributed by atoms with Gasteiger partial charge in [-0.1, -0.05) is 6.07 Å². The van der Waals surface area contributed by atoms with Crippen LogP contribution in [0.15, 0.2) is 42.9 Å². The Morgan fingerprint density at radius 3 is 2.96 bits per heavy atom. The fraction of sp³-hybridized carbons (Fsp3) is 0.250. The minimum Gasteiger partial charge on any atom is -0.490 e. The number of amides is 1. The molecule has 3 heterocycles. The van der Waals surface area contributed by atoms with E-state index < -0.39 is 0 Å². The average Bonchev–Trinajstić information content (AvgIpc) is 2.99. The van der Waals surface area contributed by atoms with Crippen molar-refractivity contribution >= 4 is 11.7 Å². The SMILES string of the molecule is CCOc1cccnc1NC(=O)c1c[nH]c2c1-c1ncccc1CCC2. The lowest BCUT2D eigenvalue weighted by molar-refractivity contribution is 0.102. The number of aromatic nitrogens is 3. The summed E-state index contributed by atoms with van der Waals surface area (Å²) in [4.78, 5) is 25.0. The maximum absolute atomic E-state index is 13.0. The van der Waals surface area contributed by atoms with Gasteiger partial charge in [-0.3, -0.25) is 9.78 Å². The van der Waals surface area contributed by atoms with Crippen LogP contribution in [0.4, 0.5) is 5.82 Å². The van der Waals surface area contributed by atoms with Gasteiger partial charge in [-0.15, -0.1) is 0 Å². The van der Waals surface area contributed by atoms with Gasteiger partial charge in [-0.2, -0.15) is 0 Å². The Kier molecular flexibility index (Phi) is 4.39. The number of carbonyl (C=O) groups is 1. The van der Waals surface area contributed by atoms with E-state index in [-0.39, 0.29) is 5.91 Å². The molecule has 0 spiro atoms. The second kappa shape index (κ2) is 7.00. The number of H-pyrrole nitrogens is 1. The van der Waals surface area contributed by atoms with Crippen LogP contribution in [0.1, 0.15) is 35.0 Å². The van der Waals surface area contributed by atoms with Crippen LogP contribution in [0, 0.1) is 0 Å². The summed E-state index contributed by atoms with van der Waals surface area (Å²) >= 11 is 0. The third kappa shape index (κ3) is 2.94. The Balaban J connectivity index is 1.71. The Hall–Kier alpha value is -3.15. The van der Waals surface area contributed by atoms with Crippen LogP contribution >= 0.6 is 0 Å². The number of nitrogens with zero attached hydrogens (tertiary/aromatic N) is 2. The van der Waals surface area contributed by atoms with Crippen molar-refractivity contribution in [2.24, 2.45) is 0 Å². The Morgan fingerprint density at radius 2 is 2.08 bits per heavy atom. The molecular formula is C20H20N4O2. The highest BCUT2D eigenvalue weighted by atomic mass is 16.5. The molecule has 0 bridgehead atoms. The number of hydrogen-bond donors (Lipinski definition) is 2. The molecule has 4 rings (SSSR count). The van der Waals surface area contributed by atoms with Crippen LogP contribution in [0.2, 0.25) is 0 Å². The second-order valence-electron chi connectivity index (χ2n) is 6.16. The quantitative estimate of drug-likeness (QED) is 0.755. The number of fused-ring (bicyclic) bond motifs is 3. The van der Waals surface area contributed by atoms with E-state index in [0.717, 1.165) is 36.2 Å². The van der Waals surface area contributed by atoms with Crippen molar-refractivity contribution in [3.63, 3.8) is 0 Å². The van der Waals surface area contributed by atoms with E-state index in [2.05, 4.69) is 26.3 Å². The Labute approximate surface area is 151 Å². The van der Waals surface area contributed by atoms with Gasteiger partial charge in [-0.25, -0.2) is 4.98 Å². The molecule has 0 unspecified atom stereocenters. The number of anilines is 1. The molecule has 1 aliphatic carbocycles. The largest absolute Gasteiger partial charge is 0.490 e. The summed E-state index contributed by atoms with van der Waals surface area (Å²) < 4.78 is 5.55. The van der Waals surface area contributed by atoms with Crippen molar-refractivity contribution in [2.45, 2.75) is 26.2 Å². The third-order valence-electron chi connectivity index (χ3n) is 4.51. The molecule has 1 amide bonds. The van der Waals surface area contributed by atoms with Crippen LogP contribution in [0.3, 0.4) is 0 Å². The van der Waals surface area contributed by atoms with Crippen LogP contribution < -0.4 is 10.1 Å². The lowest BCUT2D eigenvalue weighted by Crippen LogP contribution is -2.14. The lowest BCUT2D eigenvalue weighted by Gasteiger charge is -2.11. The predicted octanol–water partition coefficient (Wildman–Crippen LogP) is 3.61. The van der Waals surface area contributed by atoms with Gasteiger partial charge < -0.3 is 15.0 Å². The third-order valence-corrected chi connectivity index (χ3v) is 4.51. The summed E-state index contributed by atoms with van der Waals surface area (Å²) in [7, 11) is 0. The Morgan fingerprint density at radius 1 is 1.23 bits per heavy atom. The van der Waals surface area contributed by atoms with Gasteiger partial charge in [0.2, 0.25) is 0 Å². The lowest BCUT2D eigenvalue weighted by atomic mass is 10.0. The standard InChI is InChI=1S/C20H20N4O2/c1-2-26-16-9-5-11-22-19(16)24-20(25)14-12-23-15-8-3-6-13-7-4-10-21-18(13)17(14)15/h4-5,7,9-12,23H,2-3,6,8H2,1H3,(H,22,24,25). The summed E-state index contributed by atoms with van der Waals surface area (Å²) in [5.41, 5.74) is 4.59. The zero-order chi connectivity index (χ0) is 17.9. The highest BCUT2D eigenvalue weighted by Crippen LogP contribution is 2.34. The number of aromatic amines is 1. The molecule has 1 aliphatic rings. The number of hydrogen-bond acceptors (Lipinski definition) is 4. The summed E-state index contributed by atoms with van der Waals surface area (Å²) in [5.74, 6) is 0.758. The molecule has 0 radical (unpaired) electrons. The van der Waals surface area contributed by atoms with E-state index in [4.69, 9.17) is 4.74 Å². The number of ether oxygens (including phenoxy) is 1. The molecule has 0 aromatic carbocycles. The predicted molar refractivity (Wildman–Crippen MR) is 99.4 cm³/mol. The van der Waals surface area contributed by atoms with E-state index in [0.29, 0.717) is 23.7 Å². The monoisotopic (exact) mass is 348 g/mol. The first-order chi connectivity index (χ1) is 12.8. The molecule has 3 aromatic heterocycles. The molecule has 0 aliphatic heterocycles. The van der Waals surface area contributed by atoms with Gasteiger partial charge in [-0.05, 0) is 49.9 Å². The maximum Gasteiger partial charge on any atom is 0.259 e. The van der Waals surface area contributed by atoms with Gasteiger partial charge in [0.15, 0.2) is 11.6 Å². The van der Waals surface area contributed by atoms with Gasteiger partial charge in [0, 0.05) is 29.8 Å². The van der Waals surface area contributed by atoms with E-state index >= 15 is 0 Å². The molecule has 3 aromatic rings. The van der Waals surface area contributed by atoms with Crippen molar-refractivity contribution in [3.05, 3.63) is 59.7 Å². The van der Waals surface area contributed by atoms with E-state index in [1.165, 1.54) is 5.56 Å². The molecule has 0 saturated carbocycles. The summed E-state index contributed by atoms with van der Waals surface area (Å²) in [6.45, 7) is 2.40. The molecular weight excluding hydrogens is 328 g/mol. The molecule has 0 saturated heterocycles. The van der Waals surface area contributed by atoms with Gasteiger partial charge in [0.1, 0.15) is 0 Å². The number of rotatable bonds is 4. The highest BCUT2D eigenvalue weighted by Gasteiger charge is 2.24. The highest BCUT2D eigenvalue weighted by molar-refractivity contribution is 6.09. The zero-order valence-corrected chi connectivity index (χ0v) is 14.6. The zero-order valence-electron chi connectivity index (χ0n) is 14.6. The fourth-order valence-corrected chi connectivity index (χ4v) is 3.37. The molecule has 6 heteroatoms. The van der Waals surface area contributed by atoms with Gasteiger partial charge in [0.05, 0.1) is 17.9 Å². The summed E-state index contributed by atoms with van der Waals surface area (Å²) in [5, 5.41) is 2.88. The Bertz CT molecular complexity index is 948. The number of pyridine rings is 2. The smallest absolute Gasteiger partial charge is 0.259 e. The topological polar surface area (TPSA) is 79.9 Å². The van der Waals surface area contributed by atoms with Crippen molar-refractivity contribution in [2.75, 3.05) is 11.9 Å². The number of nitrogens with one attached hydrogen (secondary N) is 2. The van der Waals surface area contributed by atoms with Crippen LogP contribution in [-0.4, -0.2) is 27.5 Å². The van der Waals surface area contributed by atoms with E-state index in [9.17, 15) is 4.79 Å². The first-order valence-electron chi connectivity index (χ1n) is 8.81. The molecule has 0 atom stereocenters. The molecule has 132 valence electrons. The molecule has 0 fully saturated rings. The summed E-state index contributed by atoms with van der Waals surface area (Å²) in [6.07, 6.45) is 8.05. The van der Waals surface area contributed by atoms with E-state index in [1.54, 1.807) is 30.7 Å². The first kappa shape index (κ1) is 16.3. The molecule has 26 heavy (non-hydrogen) atoms. The van der Waals surface area contributed by atoms with Crippen molar-refractivity contribution in [3.8, 4) is 17.0 Å². The minimum atomic E-state index is -0.222. The molecule has 2 N–H and O–H groups in total. The normalized spacial score (nSPS) is 12.7. The maximum atomic E-state index is 13.0. The first-order valence-corrected chi connectivity index (χ1v) is 8.81. The van der Waals surface area contributed by atoms with Crippen LogP contribution in [0.25, 0.3) is 11.3 Å². The number of carbonyl (C=O) groups excluding carboxylic acids is 1. The minimum absolute atomic E-state index is 0.222. The van der Waals surface area contributed by atoms with Crippen LogP contribution in [-0.2, 0) is 12.8 Å². The second-order valence-corrected chi connectivity index (χ2v) is 6.16. The van der Waals surface area contributed by atoms with Gasteiger partial charge in [0.25, 0.3) is 5.91 Å².